The average Bonchev–Trinajstić information content (AvgIpc) is 3.61. The highest BCUT2D eigenvalue weighted by Crippen LogP contribution is 2.42. The topological polar surface area (TPSA) is 109 Å². The highest BCUT2D eigenvalue weighted by molar-refractivity contribution is 6.33. The van der Waals surface area contributed by atoms with Crippen LogP contribution in [0.3, 0.4) is 0 Å². The Kier molecular flexibility index (Phi) is 6.43. The van der Waals surface area contributed by atoms with Gasteiger partial charge in [0.1, 0.15) is 10.9 Å². The molecule has 2 aromatic heterocycles. The molecule has 1 aliphatic carbocycles. The van der Waals surface area contributed by atoms with Crippen molar-refractivity contribution in [1.82, 2.24) is 20.1 Å². The lowest BCUT2D eigenvalue weighted by Crippen LogP contribution is -2.30. The van der Waals surface area contributed by atoms with Gasteiger partial charge in [-0.25, -0.2) is 9.78 Å². The number of carbonyl (C=O) groups is 2. The van der Waals surface area contributed by atoms with Gasteiger partial charge >= 0.3 is 6.03 Å². The van der Waals surface area contributed by atoms with Crippen LogP contribution in [0, 0.1) is 6.92 Å². The molecule has 2 heterocycles. The zero-order chi connectivity index (χ0) is 25.2. The molecule has 1 aliphatic rings. The van der Waals surface area contributed by atoms with Gasteiger partial charge in [-0.2, -0.15) is 9.78 Å². The first kappa shape index (κ1) is 23.6. The molecule has 4 aromatic rings. The summed E-state index contributed by atoms with van der Waals surface area (Å²) in [6.45, 7) is 2.40. The molecule has 2 aromatic carbocycles. The molecule has 182 valence electrons. The number of pyridine rings is 1. The van der Waals surface area contributed by atoms with Crippen molar-refractivity contribution >= 4 is 29.2 Å². The van der Waals surface area contributed by atoms with Crippen LogP contribution < -0.4 is 10.6 Å². The lowest BCUT2D eigenvalue weighted by molar-refractivity contribution is 0.102. The summed E-state index contributed by atoms with van der Waals surface area (Å²) >= 11 is 5.99. The molecule has 2 amide bonds. The minimum absolute atomic E-state index is 0.0720. The second kappa shape index (κ2) is 9.83. The Morgan fingerprint density at radius 1 is 1.11 bits per heavy atom. The third-order valence-corrected chi connectivity index (χ3v) is 6.29. The highest BCUT2D eigenvalue weighted by atomic mass is 35.5. The first-order valence-corrected chi connectivity index (χ1v) is 12.0. The predicted molar refractivity (Wildman–Crippen MR) is 137 cm³/mol. The molecule has 3 N–H and O–H groups in total. The summed E-state index contributed by atoms with van der Waals surface area (Å²) in [5, 5.41) is 21.0. The zero-order valence-electron chi connectivity index (χ0n) is 19.5. The number of halogens is 1. The minimum atomic E-state index is -0.439. The fourth-order valence-corrected chi connectivity index (χ4v) is 4.22. The third kappa shape index (κ3) is 5.08. The molecule has 0 radical (unpaired) electrons. The maximum Gasteiger partial charge on any atom is 0.342 e. The van der Waals surface area contributed by atoms with E-state index in [1.807, 2.05) is 37.3 Å². The number of nitrogens with zero attached hydrogens (tertiary/aromatic N) is 3. The average molecular weight is 502 g/mol. The second-order valence-corrected chi connectivity index (χ2v) is 9.17. The number of carbonyl (C=O) groups excluding carboxylic acids is 2. The van der Waals surface area contributed by atoms with E-state index in [1.165, 1.54) is 16.9 Å². The Labute approximate surface area is 212 Å². The smallest absolute Gasteiger partial charge is 0.342 e. The van der Waals surface area contributed by atoms with Crippen LogP contribution in [0.25, 0.3) is 11.3 Å². The number of phenols is 1. The van der Waals surface area contributed by atoms with Gasteiger partial charge in [-0.3, -0.25) is 4.79 Å². The van der Waals surface area contributed by atoms with Crippen LogP contribution >= 0.6 is 11.6 Å². The van der Waals surface area contributed by atoms with Crippen LogP contribution in [-0.4, -0.2) is 31.8 Å². The molecule has 0 atom stereocenters. The van der Waals surface area contributed by atoms with Gasteiger partial charge in [0.15, 0.2) is 0 Å². The zero-order valence-corrected chi connectivity index (χ0v) is 20.3. The number of benzene rings is 2. The van der Waals surface area contributed by atoms with E-state index in [1.54, 1.807) is 24.3 Å². The maximum atomic E-state index is 13.0. The Bertz CT molecular complexity index is 1460. The maximum absolute atomic E-state index is 13.0. The predicted octanol–water partition coefficient (Wildman–Crippen LogP) is 5.50. The molecule has 9 heteroatoms. The van der Waals surface area contributed by atoms with E-state index in [0.717, 1.165) is 29.7 Å². The number of aromatic nitrogens is 3. The summed E-state index contributed by atoms with van der Waals surface area (Å²) in [5.41, 5.74) is 4.50. The van der Waals surface area contributed by atoms with E-state index in [4.69, 9.17) is 11.6 Å². The number of anilines is 1. The van der Waals surface area contributed by atoms with E-state index in [2.05, 4.69) is 20.7 Å². The van der Waals surface area contributed by atoms with E-state index in [9.17, 15) is 14.7 Å². The number of rotatable bonds is 6. The number of nitrogens with one attached hydrogen (secondary N) is 2. The first-order valence-electron chi connectivity index (χ1n) is 11.6. The normalized spacial score (nSPS) is 12.8. The van der Waals surface area contributed by atoms with Crippen molar-refractivity contribution in [2.45, 2.75) is 32.2 Å². The number of amides is 2. The number of phenolic OH excluding ortho intramolecular Hbond substituents is 1. The monoisotopic (exact) mass is 501 g/mol. The van der Waals surface area contributed by atoms with Crippen LogP contribution in [0.2, 0.25) is 5.15 Å². The molecule has 0 aliphatic heterocycles. The van der Waals surface area contributed by atoms with Gasteiger partial charge in [0.25, 0.3) is 5.91 Å². The van der Waals surface area contributed by atoms with E-state index >= 15 is 0 Å². The quantitative estimate of drug-likeness (QED) is 0.302. The summed E-state index contributed by atoms with van der Waals surface area (Å²) in [6.07, 6.45) is 3.48. The molecule has 0 saturated heterocycles. The summed E-state index contributed by atoms with van der Waals surface area (Å²) in [7, 11) is 0. The molecule has 5 rings (SSSR count). The molecule has 0 spiro atoms. The standard InChI is InChI=1S/C27H24ClN5O3/c1-16-4-2-5-17(12-16)15-30-27(36)33-23(18-7-8-18)14-22(32-33)20-10-9-19(13-24(20)34)31-26(35)21-6-3-11-29-25(21)28/h2-6,9-14,18,34H,7-8,15H2,1H3,(H,30,36)(H,31,35). The van der Waals surface area contributed by atoms with Crippen LogP contribution in [0.1, 0.15) is 45.9 Å². The summed E-state index contributed by atoms with van der Waals surface area (Å²) in [5.74, 6) is -0.246. The van der Waals surface area contributed by atoms with Crippen LogP contribution in [0.15, 0.2) is 66.9 Å². The molecule has 36 heavy (non-hydrogen) atoms. The van der Waals surface area contributed by atoms with Crippen molar-refractivity contribution in [2.24, 2.45) is 0 Å². The Morgan fingerprint density at radius 3 is 2.67 bits per heavy atom. The summed E-state index contributed by atoms with van der Waals surface area (Å²) in [4.78, 5) is 29.4. The van der Waals surface area contributed by atoms with Crippen LogP contribution in [0.5, 0.6) is 5.75 Å². The van der Waals surface area contributed by atoms with Gasteiger partial charge in [-0.1, -0.05) is 41.4 Å². The Balaban J connectivity index is 1.35. The summed E-state index contributed by atoms with van der Waals surface area (Å²) in [6, 6.07) is 17.4. The van der Waals surface area contributed by atoms with Crippen molar-refractivity contribution in [3.8, 4) is 17.0 Å². The summed E-state index contributed by atoms with van der Waals surface area (Å²) < 4.78 is 1.39. The molecule has 8 nitrogen and oxygen atoms in total. The lowest BCUT2D eigenvalue weighted by atomic mass is 10.1. The van der Waals surface area contributed by atoms with E-state index < -0.39 is 5.91 Å². The van der Waals surface area contributed by atoms with Gasteiger partial charge in [-0.15, -0.1) is 0 Å². The van der Waals surface area contributed by atoms with Crippen molar-refractivity contribution < 1.29 is 14.7 Å². The second-order valence-electron chi connectivity index (χ2n) is 8.82. The lowest BCUT2D eigenvalue weighted by Gasteiger charge is -2.09. The molecule has 0 bridgehead atoms. The molecule has 0 unspecified atom stereocenters. The van der Waals surface area contributed by atoms with Crippen LogP contribution in [-0.2, 0) is 6.54 Å². The van der Waals surface area contributed by atoms with Gasteiger partial charge in [0.2, 0.25) is 0 Å². The molecular weight excluding hydrogens is 478 g/mol. The molecule has 1 fully saturated rings. The van der Waals surface area contributed by atoms with Gasteiger partial charge in [0.05, 0.1) is 17.0 Å². The largest absolute Gasteiger partial charge is 0.507 e. The minimum Gasteiger partial charge on any atom is -0.507 e. The van der Waals surface area contributed by atoms with Crippen molar-refractivity contribution in [3.63, 3.8) is 0 Å². The van der Waals surface area contributed by atoms with Crippen molar-refractivity contribution in [1.29, 1.82) is 0 Å². The van der Waals surface area contributed by atoms with Crippen molar-refractivity contribution in [2.75, 3.05) is 5.32 Å². The fourth-order valence-electron chi connectivity index (χ4n) is 4.01. The number of aryl methyl sites for hydroxylation is 1. The van der Waals surface area contributed by atoms with Gasteiger partial charge < -0.3 is 15.7 Å². The highest BCUT2D eigenvalue weighted by Gasteiger charge is 2.30. The Morgan fingerprint density at radius 2 is 1.94 bits per heavy atom. The van der Waals surface area contributed by atoms with Crippen molar-refractivity contribution in [3.05, 3.63) is 94.4 Å². The SMILES string of the molecule is Cc1cccc(CNC(=O)n2nc(-c3ccc(NC(=O)c4cccnc4Cl)cc3O)cc2C2CC2)c1. The van der Waals surface area contributed by atoms with E-state index in [-0.39, 0.29) is 28.4 Å². The number of hydrogen-bond donors (Lipinski definition) is 3. The molecular formula is C27H24ClN5O3. The van der Waals surface area contributed by atoms with E-state index in [0.29, 0.717) is 23.5 Å². The van der Waals surface area contributed by atoms with Gasteiger partial charge in [-0.05, 0) is 55.7 Å². The Hall–Kier alpha value is -4.17. The van der Waals surface area contributed by atoms with Gasteiger partial charge in [0, 0.05) is 36.0 Å². The van der Waals surface area contributed by atoms with Crippen LogP contribution in [0.4, 0.5) is 10.5 Å². The first-order chi connectivity index (χ1) is 17.4. The molecule has 1 saturated carbocycles. The number of hydrogen-bond acceptors (Lipinski definition) is 5. The third-order valence-electron chi connectivity index (χ3n) is 5.99. The number of aromatic hydroxyl groups is 1. The fraction of sp³-hybridized carbons (Fsp3) is 0.185.